The molecule has 2 rings (SSSR count). The van der Waals surface area contributed by atoms with Gasteiger partial charge in [-0.25, -0.2) is 0 Å². The Hall–Kier alpha value is 0.820. The van der Waals surface area contributed by atoms with Crippen molar-refractivity contribution in [2.24, 2.45) is 0 Å². The molecule has 100 valence electrons. The molecule has 2 aliphatic heterocycles. The summed E-state index contributed by atoms with van der Waals surface area (Å²) >= 11 is 0. The average molecular weight is 273 g/mol. The van der Waals surface area contributed by atoms with Crippen LogP contribution in [-0.4, -0.2) is 34.6 Å². The lowest BCUT2D eigenvalue weighted by molar-refractivity contribution is 0.720. The van der Waals surface area contributed by atoms with Crippen molar-refractivity contribution in [2.45, 2.75) is 76.3 Å². The molecule has 0 aromatic carbocycles. The van der Waals surface area contributed by atoms with Gasteiger partial charge in [-0.2, -0.15) is 0 Å². The molecule has 2 saturated heterocycles. The smallest absolute Gasteiger partial charge is 0.00528 e. The van der Waals surface area contributed by atoms with Crippen molar-refractivity contribution in [3.8, 4) is 0 Å². The molecule has 0 aromatic rings. The van der Waals surface area contributed by atoms with E-state index in [-0.39, 0.29) is 16.1 Å². The van der Waals surface area contributed by atoms with Crippen LogP contribution in [0.2, 0.25) is 0 Å². The Labute approximate surface area is 110 Å². The molecule has 0 radical (unpaired) electrons. The van der Waals surface area contributed by atoms with E-state index in [2.05, 4.69) is 32.3 Å². The lowest BCUT2D eigenvalue weighted by atomic mass is 10.2. The molecule has 2 unspecified atom stereocenters. The molecular weight excluding hydrogens is 244 g/mol. The summed E-state index contributed by atoms with van der Waals surface area (Å²) in [7, 11) is 2.89. The molecule has 3 heteroatoms. The molecule has 0 N–H and O–H groups in total. The molecule has 0 saturated carbocycles. The van der Waals surface area contributed by atoms with Gasteiger partial charge in [-0.3, -0.25) is 4.44 Å². The summed E-state index contributed by atoms with van der Waals surface area (Å²) in [6.07, 6.45) is 10.4. The topological polar surface area (TPSA) is 3.24 Å². The Morgan fingerprint density at radius 2 is 1.76 bits per heavy atom. The Morgan fingerprint density at radius 1 is 1.06 bits per heavy atom. The number of nitrogens with zero attached hydrogens (tertiary/aromatic N) is 1. The first-order valence-electron chi connectivity index (χ1n) is 7.47. The second-order valence-electron chi connectivity index (χ2n) is 5.73. The van der Waals surface area contributed by atoms with Gasteiger partial charge >= 0.3 is 0 Å². The normalized spacial score (nSPS) is 42.5. The molecule has 2 heterocycles. The first kappa shape index (κ1) is 14.2. The van der Waals surface area contributed by atoms with Gasteiger partial charge in [0.2, 0.25) is 0 Å². The predicted molar refractivity (Wildman–Crippen MR) is 82.6 cm³/mol. The minimum Gasteiger partial charge on any atom is -0.262 e. The van der Waals surface area contributed by atoms with Gasteiger partial charge in [-0.1, -0.05) is 20.8 Å². The van der Waals surface area contributed by atoms with Gasteiger partial charge in [-0.05, 0) is 84.9 Å². The number of hydrogen-bond donors (Lipinski definition) is 0. The fraction of sp³-hybridized carbons (Fsp3) is 1.00. The van der Waals surface area contributed by atoms with Crippen LogP contribution in [0.3, 0.4) is 0 Å². The van der Waals surface area contributed by atoms with Crippen molar-refractivity contribution >= 4 is 16.1 Å². The zero-order chi connectivity index (χ0) is 12.4. The van der Waals surface area contributed by atoms with Gasteiger partial charge in [0.25, 0.3) is 0 Å². The van der Waals surface area contributed by atoms with Crippen molar-refractivity contribution in [1.29, 1.82) is 0 Å². The van der Waals surface area contributed by atoms with Crippen LogP contribution in [0, 0.1) is 0 Å². The number of hydrogen-bond acceptors (Lipinski definition) is 1. The monoisotopic (exact) mass is 273 g/mol. The fourth-order valence-electron chi connectivity index (χ4n) is 3.72. The molecule has 0 aliphatic carbocycles. The summed E-state index contributed by atoms with van der Waals surface area (Å²) in [5.41, 5.74) is 3.11. The standard InChI is InChI=1S/C14H29NP2/c1-5-13-8-7-11-16(13)15(4)17-12(3)9-10-14(17)6-2/h12-14H,5-11H2,1-4H3/t12-,13-,14-,16?,17?/m1/s1. The van der Waals surface area contributed by atoms with Crippen LogP contribution in [0.5, 0.6) is 0 Å². The maximum Gasteiger partial charge on any atom is -0.00528 e. The quantitative estimate of drug-likeness (QED) is 0.633. The summed E-state index contributed by atoms with van der Waals surface area (Å²) in [5, 5.41) is 0. The van der Waals surface area contributed by atoms with Crippen LogP contribution >= 0.6 is 16.1 Å². The molecular formula is C14H29NP2. The third-order valence-corrected chi connectivity index (χ3v) is 12.2. The first-order chi connectivity index (χ1) is 8.19. The van der Waals surface area contributed by atoms with Crippen molar-refractivity contribution in [3.63, 3.8) is 0 Å². The third-order valence-electron chi connectivity index (χ3n) is 4.74. The zero-order valence-electron chi connectivity index (χ0n) is 12.0. The van der Waals surface area contributed by atoms with Crippen molar-refractivity contribution in [2.75, 3.05) is 13.2 Å². The van der Waals surface area contributed by atoms with Crippen LogP contribution < -0.4 is 0 Å². The van der Waals surface area contributed by atoms with Crippen molar-refractivity contribution in [3.05, 3.63) is 0 Å². The highest BCUT2D eigenvalue weighted by molar-refractivity contribution is 7.71. The second kappa shape index (κ2) is 6.31. The van der Waals surface area contributed by atoms with Gasteiger partial charge in [0.05, 0.1) is 0 Å². The Balaban J connectivity index is 2.04. The van der Waals surface area contributed by atoms with E-state index in [9.17, 15) is 0 Å². The van der Waals surface area contributed by atoms with E-state index in [0.29, 0.717) is 0 Å². The molecule has 0 amide bonds. The maximum atomic E-state index is 2.93. The lowest BCUT2D eigenvalue weighted by Crippen LogP contribution is -2.19. The van der Waals surface area contributed by atoms with Crippen LogP contribution in [0.1, 0.15) is 59.3 Å². The minimum atomic E-state index is 0.188. The van der Waals surface area contributed by atoms with Crippen LogP contribution in [0.15, 0.2) is 0 Å². The van der Waals surface area contributed by atoms with Gasteiger partial charge in [0, 0.05) is 0 Å². The molecule has 17 heavy (non-hydrogen) atoms. The van der Waals surface area contributed by atoms with Gasteiger partial charge < -0.3 is 0 Å². The lowest BCUT2D eigenvalue weighted by Gasteiger charge is -2.39. The SMILES string of the molecule is CC[C@@H]1CCCP1N(C)P1[C@H](CC)CC[C@H]1C. The van der Waals surface area contributed by atoms with Crippen LogP contribution in [-0.2, 0) is 0 Å². The Kier molecular flexibility index (Phi) is 5.29. The molecule has 2 aliphatic rings. The fourth-order valence-corrected chi connectivity index (χ4v) is 12.0. The van der Waals surface area contributed by atoms with E-state index in [1.165, 1.54) is 44.7 Å². The van der Waals surface area contributed by atoms with Crippen molar-refractivity contribution in [1.82, 2.24) is 4.44 Å². The van der Waals surface area contributed by atoms with E-state index in [4.69, 9.17) is 0 Å². The predicted octanol–water partition coefficient (Wildman–Crippen LogP) is 5.25. The molecule has 0 bridgehead atoms. The highest BCUT2D eigenvalue weighted by Crippen LogP contribution is 2.69. The summed E-state index contributed by atoms with van der Waals surface area (Å²) in [5.74, 6) is 0. The van der Waals surface area contributed by atoms with Gasteiger partial charge in [-0.15, -0.1) is 0 Å². The Morgan fingerprint density at radius 3 is 2.41 bits per heavy atom. The third kappa shape index (κ3) is 2.88. The van der Waals surface area contributed by atoms with E-state index >= 15 is 0 Å². The van der Waals surface area contributed by atoms with Crippen LogP contribution in [0.25, 0.3) is 0 Å². The van der Waals surface area contributed by atoms with Crippen LogP contribution in [0.4, 0.5) is 0 Å². The van der Waals surface area contributed by atoms with E-state index < -0.39 is 0 Å². The van der Waals surface area contributed by atoms with E-state index in [1.807, 2.05) is 0 Å². The summed E-state index contributed by atoms with van der Waals surface area (Å²) in [6, 6.07) is 0. The molecule has 0 spiro atoms. The average Bonchev–Trinajstić information content (AvgIpc) is 2.93. The zero-order valence-corrected chi connectivity index (χ0v) is 13.8. The largest absolute Gasteiger partial charge is 0.262 e. The molecule has 1 nitrogen and oxygen atoms in total. The van der Waals surface area contributed by atoms with E-state index in [1.54, 1.807) is 0 Å². The molecule has 2 fully saturated rings. The highest BCUT2D eigenvalue weighted by Gasteiger charge is 2.40. The second-order valence-corrected chi connectivity index (χ2v) is 11.7. The van der Waals surface area contributed by atoms with Crippen molar-refractivity contribution < 1.29 is 0 Å². The van der Waals surface area contributed by atoms with Gasteiger partial charge in [0.15, 0.2) is 0 Å². The maximum absolute atomic E-state index is 2.93. The molecule has 5 atom stereocenters. The van der Waals surface area contributed by atoms with Gasteiger partial charge in [0.1, 0.15) is 0 Å². The summed E-state index contributed by atoms with van der Waals surface area (Å²) < 4.78 is 2.93. The first-order valence-corrected chi connectivity index (χ1v) is 10.5. The highest BCUT2D eigenvalue weighted by atomic mass is 31.2. The molecule has 0 aromatic heterocycles. The summed E-state index contributed by atoms with van der Waals surface area (Å²) in [4.78, 5) is 0. The number of rotatable bonds is 4. The minimum absolute atomic E-state index is 0.188. The van der Waals surface area contributed by atoms with E-state index in [0.717, 1.165) is 17.0 Å². The summed E-state index contributed by atoms with van der Waals surface area (Å²) in [6.45, 7) is 7.33. The Bertz CT molecular complexity index is 246.